The van der Waals surface area contributed by atoms with E-state index in [1.807, 2.05) is 0 Å². The van der Waals surface area contributed by atoms with E-state index >= 15 is 0 Å². The maximum absolute atomic E-state index is 12.6. The van der Waals surface area contributed by atoms with Crippen LogP contribution in [-0.2, 0) is 12.7 Å². The van der Waals surface area contributed by atoms with Gasteiger partial charge in [0, 0.05) is 19.1 Å². The standard InChI is InChI=1S/C17H23F3N2.ClH/c18-17(19,20)15-3-1-13(2-4-15)11-22(16-5-6-16)12-14-7-9-21-10-8-14;/h1-4,14,16,21H,5-12H2;1H. The average Bonchev–Trinajstić information content (AvgIpc) is 3.32. The highest BCUT2D eigenvalue weighted by Crippen LogP contribution is 2.32. The van der Waals surface area contributed by atoms with Crippen LogP contribution in [0.2, 0.25) is 0 Å². The number of alkyl halides is 3. The largest absolute Gasteiger partial charge is 0.416 e. The summed E-state index contributed by atoms with van der Waals surface area (Å²) in [5.41, 5.74) is 0.418. The van der Waals surface area contributed by atoms with Crippen LogP contribution in [0.4, 0.5) is 13.2 Å². The van der Waals surface area contributed by atoms with Crippen LogP contribution in [-0.4, -0.2) is 30.6 Å². The molecule has 1 aromatic carbocycles. The van der Waals surface area contributed by atoms with Crippen molar-refractivity contribution < 1.29 is 13.2 Å². The van der Waals surface area contributed by atoms with Crippen LogP contribution in [0.5, 0.6) is 0 Å². The molecule has 1 aromatic rings. The van der Waals surface area contributed by atoms with Crippen LogP contribution in [0.3, 0.4) is 0 Å². The minimum atomic E-state index is -4.25. The van der Waals surface area contributed by atoms with Gasteiger partial charge in [-0.05, 0) is 62.4 Å². The van der Waals surface area contributed by atoms with Crippen molar-refractivity contribution in [2.24, 2.45) is 5.92 Å². The molecule has 1 aliphatic carbocycles. The maximum Gasteiger partial charge on any atom is 0.416 e. The van der Waals surface area contributed by atoms with Gasteiger partial charge in [0.25, 0.3) is 0 Å². The summed E-state index contributed by atoms with van der Waals surface area (Å²) >= 11 is 0. The lowest BCUT2D eigenvalue weighted by Crippen LogP contribution is -2.37. The zero-order valence-electron chi connectivity index (χ0n) is 13.1. The minimum Gasteiger partial charge on any atom is -0.317 e. The fourth-order valence-corrected chi connectivity index (χ4v) is 3.21. The smallest absolute Gasteiger partial charge is 0.317 e. The monoisotopic (exact) mass is 348 g/mol. The van der Waals surface area contributed by atoms with Gasteiger partial charge < -0.3 is 5.32 Å². The molecule has 0 radical (unpaired) electrons. The molecule has 1 N–H and O–H groups in total. The Kier molecular flexibility index (Phi) is 6.34. The van der Waals surface area contributed by atoms with Gasteiger partial charge in [0.05, 0.1) is 5.56 Å². The van der Waals surface area contributed by atoms with E-state index in [-0.39, 0.29) is 12.4 Å². The fraction of sp³-hybridized carbons (Fsp3) is 0.647. The number of rotatable bonds is 5. The molecule has 0 spiro atoms. The number of nitrogens with zero attached hydrogens (tertiary/aromatic N) is 1. The Bertz CT molecular complexity index is 480. The van der Waals surface area contributed by atoms with Gasteiger partial charge in [0.1, 0.15) is 0 Å². The van der Waals surface area contributed by atoms with E-state index in [4.69, 9.17) is 0 Å². The van der Waals surface area contributed by atoms with E-state index in [9.17, 15) is 13.2 Å². The van der Waals surface area contributed by atoms with E-state index < -0.39 is 11.7 Å². The molecule has 23 heavy (non-hydrogen) atoms. The highest BCUT2D eigenvalue weighted by Gasteiger charge is 2.32. The van der Waals surface area contributed by atoms with Crippen molar-refractivity contribution in [3.05, 3.63) is 35.4 Å². The molecule has 3 rings (SSSR count). The lowest BCUT2D eigenvalue weighted by molar-refractivity contribution is -0.137. The van der Waals surface area contributed by atoms with Gasteiger partial charge in [0.15, 0.2) is 0 Å². The summed E-state index contributed by atoms with van der Waals surface area (Å²) in [6.45, 7) is 4.02. The highest BCUT2D eigenvalue weighted by molar-refractivity contribution is 5.85. The number of benzene rings is 1. The fourth-order valence-electron chi connectivity index (χ4n) is 3.21. The lowest BCUT2D eigenvalue weighted by atomic mass is 9.97. The molecule has 0 bridgehead atoms. The second kappa shape index (κ2) is 7.86. The average molecular weight is 349 g/mol. The summed E-state index contributed by atoms with van der Waals surface area (Å²) in [4.78, 5) is 2.47. The van der Waals surface area contributed by atoms with Gasteiger partial charge in [-0.1, -0.05) is 12.1 Å². The zero-order chi connectivity index (χ0) is 15.6. The second-order valence-electron chi connectivity index (χ2n) is 6.55. The quantitative estimate of drug-likeness (QED) is 0.862. The Morgan fingerprint density at radius 1 is 1.00 bits per heavy atom. The molecule has 0 aromatic heterocycles. The third-order valence-corrected chi connectivity index (χ3v) is 4.68. The molecular weight excluding hydrogens is 325 g/mol. The predicted molar refractivity (Wildman–Crippen MR) is 87.7 cm³/mol. The first kappa shape index (κ1) is 18.6. The molecule has 2 aliphatic rings. The third kappa shape index (κ3) is 5.37. The van der Waals surface area contributed by atoms with Crippen molar-refractivity contribution >= 4 is 12.4 Å². The lowest BCUT2D eigenvalue weighted by Gasteiger charge is -2.30. The number of hydrogen-bond acceptors (Lipinski definition) is 2. The van der Waals surface area contributed by atoms with Gasteiger partial charge in [-0.25, -0.2) is 0 Å². The number of hydrogen-bond donors (Lipinski definition) is 1. The molecule has 6 heteroatoms. The van der Waals surface area contributed by atoms with Crippen LogP contribution < -0.4 is 5.32 Å². The summed E-state index contributed by atoms with van der Waals surface area (Å²) in [7, 11) is 0. The summed E-state index contributed by atoms with van der Waals surface area (Å²) < 4.78 is 37.8. The Morgan fingerprint density at radius 2 is 1.61 bits per heavy atom. The van der Waals surface area contributed by atoms with Crippen LogP contribution in [0.1, 0.15) is 36.8 Å². The topological polar surface area (TPSA) is 15.3 Å². The first-order chi connectivity index (χ1) is 10.5. The Labute approximate surface area is 141 Å². The van der Waals surface area contributed by atoms with Crippen molar-refractivity contribution in [2.75, 3.05) is 19.6 Å². The number of nitrogens with one attached hydrogen (secondary N) is 1. The maximum atomic E-state index is 12.6. The van der Waals surface area contributed by atoms with Gasteiger partial charge in [0.2, 0.25) is 0 Å². The molecule has 1 saturated heterocycles. The van der Waals surface area contributed by atoms with E-state index in [1.165, 1.54) is 37.8 Å². The molecule has 0 unspecified atom stereocenters. The van der Waals surface area contributed by atoms with Gasteiger partial charge >= 0.3 is 6.18 Å². The Morgan fingerprint density at radius 3 is 2.13 bits per heavy atom. The highest BCUT2D eigenvalue weighted by atomic mass is 35.5. The van der Waals surface area contributed by atoms with Gasteiger partial charge in [-0.3, -0.25) is 4.90 Å². The SMILES string of the molecule is Cl.FC(F)(F)c1ccc(CN(CC2CCNCC2)C2CC2)cc1. The number of halogens is 4. The second-order valence-corrected chi connectivity index (χ2v) is 6.55. The summed E-state index contributed by atoms with van der Waals surface area (Å²) in [5, 5.41) is 3.38. The predicted octanol–water partition coefficient (Wildman–Crippen LogP) is 4.09. The molecule has 2 fully saturated rings. The van der Waals surface area contributed by atoms with Crippen molar-refractivity contribution in [3.8, 4) is 0 Å². The van der Waals surface area contributed by atoms with Crippen LogP contribution >= 0.6 is 12.4 Å². The molecule has 1 heterocycles. The van der Waals surface area contributed by atoms with E-state index in [2.05, 4.69) is 10.2 Å². The summed E-state index contributed by atoms with van der Waals surface area (Å²) in [6, 6.07) is 6.29. The minimum absolute atomic E-state index is 0. The molecule has 0 amide bonds. The van der Waals surface area contributed by atoms with Crippen LogP contribution in [0.25, 0.3) is 0 Å². The van der Waals surface area contributed by atoms with Crippen molar-refractivity contribution in [1.82, 2.24) is 10.2 Å². The normalized spacial score (nSPS) is 19.7. The first-order valence-electron chi connectivity index (χ1n) is 8.13. The van der Waals surface area contributed by atoms with Crippen LogP contribution in [0.15, 0.2) is 24.3 Å². The molecular formula is C17H24ClF3N2. The van der Waals surface area contributed by atoms with Crippen LogP contribution in [0, 0.1) is 5.92 Å². The van der Waals surface area contributed by atoms with E-state index in [1.54, 1.807) is 12.1 Å². The van der Waals surface area contributed by atoms with Crippen molar-refractivity contribution in [1.29, 1.82) is 0 Å². The zero-order valence-corrected chi connectivity index (χ0v) is 13.9. The molecule has 130 valence electrons. The molecule has 0 atom stereocenters. The third-order valence-electron chi connectivity index (χ3n) is 4.68. The van der Waals surface area contributed by atoms with Crippen molar-refractivity contribution in [2.45, 2.75) is 44.4 Å². The van der Waals surface area contributed by atoms with Crippen molar-refractivity contribution in [3.63, 3.8) is 0 Å². The first-order valence-corrected chi connectivity index (χ1v) is 8.13. The Balaban J connectivity index is 0.00000192. The summed E-state index contributed by atoms with van der Waals surface area (Å²) in [5.74, 6) is 0.719. The van der Waals surface area contributed by atoms with E-state index in [0.717, 1.165) is 37.7 Å². The molecule has 1 saturated carbocycles. The Hall–Kier alpha value is -0.780. The summed E-state index contributed by atoms with van der Waals surface area (Å²) in [6.07, 6.45) is 0.619. The molecule has 1 aliphatic heterocycles. The molecule has 2 nitrogen and oxygen atoms in total. The van der Waals surface area contributed by atoms with Gasteiger partial charge in [-0.2, -0.15) is 13.2 Å². The number of piperidine rings is 1. The van der Waals surface area contributed by atoms with Gasteiger partial charge in [-0.15, -0.1) is 12.4 Å². The van der Waals surface area contributed by atoms with E-state index in [0.29, 0.717) is 6.04 Å².